The van der Waals surface area contributed by atoms with Crippen LogP contribution >= 0.6 is 0 Å². The molecule has 1 atom stereocenters. The number of nitrogens with two attached hydrogens (primary N) is 1. The summed E-state index contributed by atoms with van der Waals surface area (Å²) in [5.41, 5.74) is 7.69. The largest absolute Gasteiger partial charge is 0.495 e. The first-order valence-corrected chi connectivity index (χ1v) is 7.85. The van der Waals surface area contributed by atoms with Crippen LogP contribution in [0.3, 0.4) is 0 Å². The van der Waals surface area contributed by atoms with Crippen LogP contribution in [-0.2, 0) is 6.54 Å². The van der Waals surface area contributed by atoms with Crippen LogP contribution in [0.1, 0.15) is 37.3 Å². The molecule has 0 bridgehead atoms. The zero-order valence-corrected chi connectivity index (χ0v) is 13.2. The molecule has 0 saturated carbocycles. The predicted molar refractivity (Wildman–Crippen MR) is 87.2 cm³/mol. The van der Waals surface area contributed by atoms with Gasteiger partial charge in [-0.3, -0.25) is 4.90 Å². The predicted octanol–water partition coefficient (Wildman–Crippen LogP) is 2.63. The van der Waals surface area contributed by atoms with E-state index in [0.717, 1.165) is 23.8 Å². The van der Waals surface area contributed by atoms with Crippen molar-refractivity contribution in [1.29, 1.82) is 0 Å². The minimum absolute atomic E-state index is 0.373. The summed E-state index contributed by atoms with van der Waals surface area (Å²) >= 11 is 0. The minimum atomic E-state index is 0.373. The van der Waals surface area contributed by atoms with Gasteiger partial charge in [-0.05, 0) is 43.0 Å². The lowest BCUT2D eigenvalue weighted by Crippen LogP contribution is -2.20. The quantitative estimate of drug-likeness (QED) is 0.846. The van der Waals surface area contributed by atoms with Crippen molar-refractivity contribution >= 4 is 0 Å². The average Bonchev–Trinajstić information content (AvgIpc) is 2.93. The lowest BCUT2D eigenvalue weighted by Gasteiger charge is -2.16. The van der Waals surface area contributed by atoms with Gasteiger partial charge in [0.2, 0.25) is 0 Å². The van der Waals surface area contributed by atoms with Crippen molar-refractivity contribution < 1.29 is 4.74 Å². The van der Waals surface area contributed by atoms with Gasteiger partial charge in [-0.1, -0.05) is 31.3 Å². The minimum Gasteiger partial charge on any atom is -0.495 e. The molecule has 1 aliphatic rings. The molecule has 1 aromatic rings. The monoisotopic (exact) mass is 286 g/mol. The third kappa shape index (κ3) is 4.49. The van der Waals surface area contributed by atoms with E-state index < -0.39 is 0 Å². The van der Waals surface area contributed by atoms with E-state index in [9.17, 15) is 0 Å². The smallest absolute Gasteiger partial charge is 0.134 e. The van der Waals surface area contributed by atoms with Crippen molar-refractivity contribution in [3.05, 3.63) is 29.3 Å². The number of hydrogen-bond acceptors (Lipinski definition) is 3. The van der Waals surface area contributed by atoms with Crippen LogP contribution in [0, 0.1) is 17.8 Å². The molecule has 2 N–H and O–H groups in total. The van der Waals surface area contributed by atoms with E-state index in [1.165, 1.54) is 37.9 Å². The van der Waals surface area contributed by atoms with Crippen LogP contribution in [-0.4, -0.2) is 31.6 Å². The highest BCUT2D eigenvalue weighted by molar-refractivity contribution is 5.48. The highest BCUT2D eigenvalue weighted by atomic mass is 16.5. The van der Waals surface area contributed by atoms with Crippen LogP contribution in [0.25, 0.3) is 0 Å². The standard InChI is InChI=1S/C18H26N2O/c1-3-5-15-9-11-20(13-15)14-16-7-8-18(21-2)17(12-16)6-4-10-19/h7-8,12,15H,3,5,9-11,13-14,19H2,1-2H3. The molecule has 3 heteroatoms. The second-order valence-electron chi connectivity index (χ2n) is 5.72. The van der Waals surface area contributed by atoms with E-state index in [1.54, 1.807) is 7.11 Å². The van der Waals surface area contributed by atoms with Gasteiger partial charge < -0.3 is 10.5 Å². The van der Waals surface area contributed by atoms with Crippen molar-refractivity contribution in [2.45, 2.75) is 32.7 Å². The van der Waals surface area contributed by atoms with E-state index in [4.69, 9.17) is 10.5 Å². The Morgan fingerprint density at radius 3 is 3.00 bits per heavy atom. The van der Waals surface area contributed by atoms with Gasteiger partial charge in [-0.2, -0.15) is 0 Å². The molecule has 0 spiro atoms. The molecule has 1 unspecified atom stereocenters. The molecular formula is C18H26N2O. The van der Waals surface area contributed by atoms with Gasteiger partial charge in [0.15, 0.2) is 0 Å². The highest BCUT2D eigenvalue weighted by Gasteiger charge is 2.21. The van der Waals surface area contributed by atoms with E-state index in [1.807, 2.05) is 6.07 Å². The van der Waals surface area contributed by atoms with Crippen LogP contribution in [0.5, 0.6) is 5.75 Å². The number of hydrogen-bond donors (Lipinski definition) is 1. The molecule has 1 aliphatic heterocycles. The molecule has 2 rings (SSSR count). The van der Waals surface area contributed by atoms with Gasteiger partial charge in [0.1, 0.15) is 5.75 Å². The Morgan fingerprint density at radius 1 is 1.43 bits per heavy atom. The van der Waals surface area contributed by atoms with Gasteiger partial charge in [0.05, 0.1) is 19.2 Å². The summed E-state index contributed by atoms with van der Waals surface area (Å²) in [6.45, 7) is 6.08. The maximum absolute atomic E-state index is 5.46. The first-order valence-electron chi connectivity index (χ1n) is 7.85. The van der Waals surface area contributed by atoms with Crippen LogP contribution in [0.2, 0.25) is 0 Å². The fraction of sp³-hybridized carbons (Fsp3) is 0.556. The van der Waals surface area contributed by atoms with Crippen molar-refractivity contribution in [3.8, 4) is 17.6 Å². The van der Waals surface area contributed by atoms with Gasteiger partial charge in [0, 0.05) is 13.1 Å². The Bertz CT molecular complexity index is 516. The van der Waals surface area contributed by atoms with Gasteiger partial charge in [-0.15, -0.1) is 0 Å². The number of benzene rings is 1. The summed E-state index contributed by atoms with van der Waals surface area (Å²) in [6, 6.07) is 6.28. The van der Waals surface area contributed by atoms with E-state index in [-0.39, 0.29) is 0 Å². The average molecular weight is 286 g/mol. The molecule has 0 aromatic heterocycles. The SMILES string of the molecule is CCCC1CCN(Cc2ccc(OC)c(C#CCN)c2)C1. The first-order chi connectivity index (χ1) is 10.3. The summed E-state index contributed by atoms with van der Waals surface area (Å²) in [6.07, 6.45) is 3.98. The summed E-state index contributed by atoms with van der Waals surface area (Å²) in [5, 5.41) is 0. The third-order valence-electron chi connectivity index (χ3n) is 4.06. The molecule has 0 aliphatic carbocycles. The normalized spacial score (nSPS) is 18.3. The first kappa shape index (κ1) is 15.9. The van der Waals surface area contributed by atoms with Crippen molar-refractivity contribution in [3.63, 3.8) is 0 Å². The Balaban J connectivity index is 2.04. The van der Waals surface area contributed by atoms with Gasteiger partial charge in [-0.25, -0.2) is 0 Å². The van der Waals surface area contributed by atoms with Gasteiger partial charge >= 0.3 is 0 Å². The fourth-order valence-corrected chi connectivity index (χ4v) is 3.06. The summed E-state index contributed by atoms with van der Waals surface area (Å²) in [4.78, 5) is 2.54. The summed E-state index contributed by atoms with van der Waals surface area (Å²) < 4.78 is 5.36. The van der Waals surface area contributed by atoms with Crippen molar-refractivity contribution in [1.82, 2.24) is 4.90 Å². The molecule has 1 aromatic carbocycles. The molecule has 1 heterocycles. The van der Waals surface area contributed by atoms with Crippen LogP contribution < -0.4 is 10.5 Å². The van der Waals surface area contributed by atoms with E-state index in [2.05, 4.69) is 35.8 Å². The Hall–Kier alpha value is -1.50. The van der Waals surface area contributed by atoms with Crippen LogP contribution in [0.4, 0.5) is 0 Å². The second kappa shape index (κ2) is 8.07. The Labute approximate surface area is 128 Å². The van der Waals surface area contributed by atoms with E-state index in [0.29, 0.717) is 6.54 Å². The van der Waals surface area contributed by atoms with Crippen molar-refractivity contribution in [2.75, 3.05) is 26.7 Å². The zero-order chi connectivity index (χ0) is 15.1. The lowest BCUT2D eigenvalue weighted by atomic mass is 10.0. The maximum atomic E-state index is 5.46. The molecule has 3 nitrogen and oxygen atoms in total. The zero-order valence-electron chi connectivity index (χ0n) is 13.2. The number of likely N-dealkylation sites (tertiary alicyclic amines) is 1. The Morgan fingerprint density at radius 2 is 2.29 bits per heavy atom. The number of nitrogens with zero attached hydrogens (tertiary/aromatic N) is 1. The molecule has 114 valence electrons. The Kier molecular flexibility index (Phi) is 6.10. The molecule has 0 radical (unpaired) electrons. The van der Waals surface area contributed by atoms with E-state index >= 15 is 0 Å². The number of methoxy groups -OCH3 is 1. The second-order valence-corrected chi connectivity index (χ2v) is 5.72. The summed E-state index contributed by atoms with van der Waals surface area (Å²) in [5.74, 6) is 7.71. The highest BCUT2D eigenvalue weighted by Crippen LogP contribution is 2.24. The summed E-state index contributed by atoms with van der Waals surface area (Å²) in [7, 11) is 1.68. The van der Waals surface area contributed by atoms with Gasteiger partial charge in [0.25, 0.3) is 0 Å². The molecule has 0 amide bonds. The lowest BCUT2D eigenvalue weighted by molar-refractivity contribution is 0.312. The third-order valence-corrected chi connectivity index (χ3v) is 4.06. The van der Waals surface area contributed by atoms with Crippen molar-refractivity contribution in [2.24, 2.45) is 11.7 Å². The fourth-order valence-electron chi connectivity index (χ4n) is 3.06. The van der Waals surface area contributed by atoms with Crippen LogP contribution in [0.15, 0.2) is 18.2 Å². The molecule has 1 fully saturated rings. The maximum Gasteiger partial charge on any atom is 0.134 e. The topological polar surface area (TPSA) is 38.5 Å². The number of ether oxygens (including phenoxy) is 1. The number of rotatable bonds is 5. The molecule has 21 heavy (non-hydrogen) atoms. The molecular weight excluding hydrogens is 260 g/mol. The molecule has 1 saturated heterocycles.